The smallest absolute Gasteiger partial charge is 0.169 e. The van der Waals surface area contributed by atoms with Crippen molar-refractivity contribution in [1.82, 2.24) is 9.97 Å². The van der Waals surface area contributed by atoms with Gasteiger partial charge in [0, 0.05) is 26.1 Å². The maximum Gasteiger partial charge on any atom is 0.169 e. The van der Waals surface area contributed by atoms with Gasteiger partial charge in [-0.15, -0.1) is 0 Å². The molecule has 6 nitrogen and oxygen atoms in total. The van der Waals surface area contributed by atoms with Crippen molar-refractivity contribution >= 4 is 11.6 Å². The second-order valence-corrected chi connectivity index (χ2v) is 3.10. The molecule has 0 aliphatic carbocycles. The zero-order valence-corrected chi connectivity index (χ0v) is 8.68. The van der Waals surface area contributed by atoms with E-state index < -0.39 is 0 Å². The first-order valence-electron chi connectivity index (χ1n) is 4.70. The lowest BCUT2D eigenvalue weighted by Gasteiger charge is -2.17. The van der Waals surface area contributed by atoms with Crippen molar-refractivity contribution in [2.75, 3.05) is 31.4 Å². The standard InChI is InChI=1S/C9H16N4O2/c1-15-6-7(2-5-14)13-9-8(10)11-3-4-12-9/h3-4,7,14H,2,5-6H2,1H3,(H2,10,11)(H,12,13). The lowest BCUT2D eigenvalue weighted by molar-refractivity contribution is 0.170. The molecule has 0 aliphatic rings. The number of methoxy groups -OCH3 is 1. The zero-order valence-electron chi connectivity index (χ0n) is 8.68. The summed E-state index contributed by atoms with van der Waals surface area (Å²) in [4.78, 5) is 7.95. The van der Waals surface area contributed by atoms with Gasteiger partial charge in [-0.1, -0.05) is 0 Å². The van der Waals surface area contributed by atoms with Gasteiger partial charge in [0.1, 0.15) is 0 Å². The first kappa shape index (κ1) is 11.7. The van der Waals surface area contributed by atoms with Gasteiger partial charge in [0.05, 0.1) is 12.6 Å². The average Bonchev–Trinajstić information content (AvgIpc) is 2.22. The fourth-order valence-corrected chi connectivity index (χ4v) is 1.21. The number of nitrogen functional groups attached to an aromatic ring is 1. The number of hydrogen-bond acceptors (Lipinski definition) is 6. The zero-order chi connectivity index (χ0) is 11.1. The Bertz CT molecular complexity index is 289. The molecular weight excluding hydrogens is 196 g/mol. The number of hydrogen-bond donors (Lipinski definition) is 3. The SMILES string of the molecule is COCC(CCO)Nc1nccnc1N. The molecule has 4 N–H and O–H groups in total. The van der Waals surface area contributed by atoms with Crippen molar-refractivity contribution in [3.63, 3.8) is 0 Å². The molecule has 0 spiro atoms. The molecule has 0 saturated carbocycles. The van der Waals surface area contributed by atoms with Crippen LogP contribution in [0.1, 0.15) is 6.42 Å². The van der Waals surface area contributed by atoms with E-state index in [4.69, 9.17) is 15.6 Å². The van der Waals surface area contributed by atoms with Crippen LogP contribution >= 0.6 is 0 Å². The summed E-state index contributed by atoms with van der Waals surface area (Å²) in [5, 5.41) is 11.9. The molecule has 0 fully saturated rings. The molecular formula is C9H16N4O2. The highest BCUT2D eigenvalue weighted by molar-refractivity contribution is 5.55. The lowest BCUT2D eigenvalue weighted by Crippen LogP contribution is -2.27. The van der Waals surface area contributed by atoms with E-state index in [0.717, 1.165) is 0 Å². The van der Waals surface area contributed by atoms with E-state index in [9.17, 15) is 0 Å². The summed E-state index contributed by atoms with van der Waals surface area (Å²) < 4.78 is 5.01. The fraction of sp³-hybridized carbons (Fsp3) is 0.556. The minimum atomic E-state index is -0.0148. The van der Waals surface area contributed by atoms with Gasteiger partial charge >= 0.3 is 0 Å². The van der Waals surface area contributed by atoms with Crippen LogP contribution in [0.2, 0.25) is 0 Å². The van der Waals surface area contributed by atoms with Gasteiger partial charge in [0.25, 0.3) is 0 Å². The van der Waals surface area contributed by atoms with Crippen LogP contribution in [0.4, 0.5) is 11.6 Å². The number of aromatic nitrogens is 2. The first-order valence-corrected chi connectivity index (χ1v) is 4.70. The molecule has 15 heavy (non-hydrogen) atoms. The maximum absolute atomic E-state index is 8.85. The summed E-state index contributed by atoms with van der Waals surface area (Å²) in [6, 6.07) is -0.0148. The van der Waals surface area contributed by atoms with Gasteiger partial charge in [-0.05, 0) is 6.42 Å². The Kier molecular flexibility index (Phi) is 4.79. The van der Waals surface area contributed by atoms with E-state index in [1.807, 2.05) is 0 Å². The third kappa shape index (κ3) is 3.69. The number of nitrogens with zero attached hydrogens (tertiary/aromatic N) is 2. The molecule has 1 atom stereocenters. The molecule has 1 rings (SSSR count). The Morgan fingerprint density at radius 1 is 1.53 bits per heavy atom. The topological polar surface area (TPSA) is 93.3 Å². The van der Waals surface area contributed by atoms with Crippen LogP contribution < -0.4 is 11.1 Å². The van der Waals surface area contributed by atoms with Crippen LogP contribution in [0.3, 0.4) is 0 Å². The number of anilines is 2. The van der Waals surface area contributed by atoms with E-state index in [1.54, 1.807) is 13.3 Å². The Labute approximate surface area is 88.5 Å². The fourth-order valence-electron chi connectivity index (χ4n) is 1.21. The summed E-state index contributed by atoms with van der Waals surface area (Å²) in [6.07, 6.45) is 3.66. The van der Waals surface area contributed by atoms with E-state index >= 15 is 0 Å². The Morgan fingerprint density at radius 3 is 2.87 bits per heavy atom. The van der Waals surface area contributed by atoms with Crippen molar-refractivity contribution in [1.29, 1.82) is 0 Å². The summed E-state index contributed by atoms with van der Waals surface area (Å²) in [5.41, 5.74) is 5.62. The van der Waals surface area contributed by atoms with Crippen molar-refractivity contribution in [3.8, 4) is 0 Å². The summed E-state index contributed by atoms with van der Waals surface area (Å²) in [5.74, 6) is 0.865. The molecule has 1 heterocycles. The highest BCUT2D eigenvalue weighted by Gasteiger charge is 2.10. The van der Waals surface area contributed by atoms with Crippen LogP contribution in [-0.4, -0.2) is 41.4 Å². The van der Waals surface area contributed by atoms with Crippen LogP contribution in [-0.2, 0) is 4.74 Å². The van der Waals surface area contributed by atoms with Crippen molar-refractivity contribution in [2.45, 2.75) is 12.5 Å². The molecule has 0 bridgehead atoms. The summed E-state index contributed by atoms with van der Waals surface area (Å²) in [6.45, 7) is 0.567. The van der Waals surface area contributed by atoms with E-state index in [0.29, 0.717) is 24.7 Å². The number of aliphatic hydroxyl groups excluding tert-OH is 1. The quantitative estimate of drug-likeness (QED) is 0.608. The Morgan fingerprint density at radius 2 is 2.27 bits per heavy atom. The molecule has 0 aromatic carbocycles. The number of ether oxygens (including phenoxy) is 1. The van der Waals surface area contributed by atoms with Gasteiger partial charge in [-0.3, -0.25) is 0 Å². The number of rotatable bonds is 6. The third-order valence-corrected chi connectivity index (χ3v) is 1.91. The predicted molar refractivity (Wildman–Crippen MR) is 57.4 cm³/mol. The molecule has 0 amide bonds. The minimum Gasteiger partial charge on any atom is -0.396 e. The molecule has 1 unspecified atom stereocenters. The van der Waals surface area contributed by atoms with Crippen LogP contribution in [0, 0.1) is 0 Å². The van der Waals surface area contributed by atoms with Crippen molar-refractivity contribution in [3.05, 3.63) is 12.4 Å². The second kappa shape index (κ2) is 6.15. The molecule has 6 heteroatoms. The van der Waals surface area contributed by atoms with Gasteiger partial charge in [0.15, 0.2) is 11.6 Å². The maximum atomic E-state index is 8.85. The van der Waals surface area contributed by atoms with Gasteiger partial charge in [0.2, 0.25) is 0 Å². The summed E-state index contributed by atoms with van der Waals surface area (Å²) >= 11 is 0. The highest BCUT2D eigenvalue weighted by Crippen LogP contribution is 2.12. The van der Waals surface area contributed by atoms with E-state index in [1.165, 1.54) is 6.20 Å². The molecule has 84 valence electrons. The number of aliphatic hydroxyl groups is 1. The largest absolute Gasteiger partial charge is 0.396 e. The average molecular weight is 212 g/mol. The van der Waals surface area contributed by atoms with E-state index in [-0.39, 0.29) is 12.6 Å². The van der Waals surface area contributed by atoms with Gasteiger partial charge in [-0.2, -0.15) is 0 Å². The van der Waals surface area contributed by atoms with Gasteiger partial charge < -0.3 is 20.9 Å². The monoisotopic (exact) mass is 212 g/mol. The summed E-state index contributed by atoms with van der Waals surface area (Å²) in [7, 11) is 1.60. The first-order chi connectivity index (χ1) is 7.27. The lowest BCUT2D eigenvalue weighted by atomic mass is 10.2. The Hall–Kier alpha value is -1.40. The van der Waals surface area contributed by atoms with Crippen LogP contribution in [0.5, 0.6) is 0 Å². The molecule has 1 aromatic rings. The van der Waals surface area contributed by atoms with Crippen LogP contribution in [0.25, 0.3) is 0 Å². The Balaban J connectivity index is 2.60. The van der Waals surface area contributed by atoms with Crippen molar-refractivity contribution < 1.29 is 9.84 Å². The number of nitrogens with one attached hydrogen (secondary N) is 1. The molecule has 0 aliphatic heterocycles. The molecule has 1 aromatic heterocycles. The number of nitrogens with two attached hydrogens (primary N) is 1. The highest BCUT2D eigenvalue weighted by atomic mass is 16.5. The second-order valence-electron chi connectivity index (χ2n) is 3.10. The van der Waals surface area contributed by atoms with E-state index in [2.05, 4.69) is 15.3 Å². The van der Waals surface area contributed by atoms with Crippen molar-refractivity contribution in [2.24, 2.45) is 0 Å². The normalized spacial score (nSPS) is 12.4. The third-order valence-electron chi connectivity index (χ3n) is 1.91. The molecule has 0 saturated heterocycles. The van der Waals surface area contributed by atoms with Crippen LogP contribution in [0.15, 0.2) is 12.4 Å². The van der Waals surface area contributed by atoms with Gasteiger partial charge in [-0.25, -0.2) is 9.97 Å². The predicted octanol–water partition coefficient (Wildman–Crippen LogP) is -0.132. The molecule has 0 radical (unpaired) electrons. The minimum absolute atomic E-state index is 0.0148.